The van der Waals surface area contributed by atoms with Crippen molar-refractivity contribution >= 4 is 11.6 Å². The summed E-state index contributed by atoms with van der Waals surface area (Å²) in [7, 11) is 0. The van der Waals surface area contributed by atoms with E-state index in [9.17, 15) is 13.6 Å². The van der Waals surface area contributed by atoms with Crippen molar-refractivity contribution in [2.45, 2.75) is 19.8 Å². The third-order valence-corrected chi connectivity index (χ3v) is 2.16. The lowest BCUT2D eigenvalue weighted by molar-refractivity contribution is 0.0945. The molecule has 0 aliphatic carbocycles. The van der Waals surface area contributed by atoms with Gasteiger partial charge < -0.3 is 11.1 Å². The molecule has 0 saturated heterocycles. The fourth-order valence-corrected chi connectivity index (χ4v) is 1.24. The van der Waals surface area contributed by atoms with Crippen molar-refractivity contribution in [2.24, 2.45) is 0 Å². The van der Waals surface area contributed by atoms with Crippen LogP contribution in [0.2, 0.25) is 0 Å². The summed E-state index contributed by atoms with van der Waals surface area (Å²) in [6.45, 7) is 2.34. The van der Waals surface area contributed by atoms with Gasteiger partial charge >= 0.3 is 0 Å². The minimum absolute atomic E-state index is 0.234. The smallest absolute Gasteiger partial charge is 0.257 e. The number of anilines is 1. The normalized spacial score (nSPS) is 10.2. The average molecular weight is 228 g/mol. The molecule has 0 bridgehead atoms. The van der Waals surface area contributed by atoms with Gasteiger partial charge in [0, 0.05) is 6.54 Å². The highest BCUT2D eigenvalue weighted by Gasteiger charge is 2.18. The van der Waals surface area contributed by atoms with E-state index in [1.54, 1.807) is 0 Å². The van der Waals surface area contributed by atoms with Crippen LogP contribution in [-0.2, 0) is 0 Å². The number of carbonyl (C=O) groups is 1. The lowest BCUT2D eigenvalue weighted by Gasteiger charge is -2.07. The van der Waals surface area contributed by atoms with Crippen LogP contribution in [0.15, 0.2) is 12.1 Å². The maximum Gasteiger partial charge on any atom is 0.257 e. The monoisotopic (exact) mass is 228 g/mol. The number of unbranched alkanes of at least 4 members (excludes halogenated alkanes) is 1. The number of halogens is 2. The van der Waals surface area contributed by atoms with E-state index in [0.29, 0.717) is 6.54 Å². The Morgan fingerprint density at radius 3 is 2.75 bits per heavy atom. The van der Waals surface area contributed by atoms with Crippen molar-refractivity contribution in [3.63, 3.8) is 0 Å². The number of carbonyl (C=O) groups excluding carboxylic acids is 1. The Hall–Kier alpha value is -1.65. The van der Waals surface area contributed by atoms with Gasteiger partial charge in [-0.3, -0.25) is 4.79 Å². The zero-order valence-corrected chi connectivity index (χ0v) is 9.02. The van der Waals surface area contributed by atoms with Crippen LogP contribution >= 0.6 is 0 Å². The highest BCUT2D eigenvalue weighted by Crippen LogP contribution is 2.18. The van der Waals surface area contributed by atoms with Crippen molar-refractivity contribution < 1.29 is 13.6 Å². The lowest BCUT2D eigenvalue weighted by Crippen LogP contribution is -2.26. The number of amides is 1. The van der Waals surface area contributed by atoms with Crippen LogP contribution in [0.25, 0.3) is 0 Å². The van der Waals surface area contributed by atoms with Gasteiger partial charge in [0.25, 0.3) is 5.91 Å². The van der Waals surface area contributed by atoms with Gasteiger partial charge in [-0.15, -0.1) is 0 Å². The molecule has 3 nitrogen and oxygen atoms in total. The summed E-state index contributed by atoms with van der Waals surface area (Å²) in [6.07, 6.45) is 1.65. The quantitative estimate of drug-likeness (QED) is 0.612. The molecule has 3 N–H and O–H groups in total. The average Bonchev–Trinajstić information content (AvgIpc) is 2.24. The van der Waals surface area contributed by atoms with Gasteiger partial charge in [0.2, 0.25) is 0 Å². The molecule has 0 saturated carbocycles. The van der Waals surface area contributed by atoms with Crippen molar-refractivity contribution in [1.82, 2.24) is 5.32 Å². The van der Waals surface area contributed by atoms with Crippen LogP contribution in [0, 0.1) is 11.6 Å². The molecule has 0 heterocycles. The molecule has 0 aliphatic heterocycles. The third kappa shape index (κ3) is 2.68. The van der Waals surface area contributed by atoms with E-state index in [1.807, 2.05) is 6.92 Å². The first-order valence-corrected chi connectivity index (χ1v) is 5.09. The van der Waals surface area contributed by atoms with E-state index in [-0.39, 0.29) is 5.69 Å². The predicted molar refractivity (Wildman–Crippen MR) is 58.0 cm³/mol. The molecular formula is C11H14F2N2O. The minimum Gasteiger partial charge on any atom is -0.396 e. The Bertz CT molecular complexity index is 394. The Labute approximate surface area is 92.6 Å². The molecule has 0 aliphatic rings. The van der Waals surface area contributed by atoms with Crippen LogP contribution in [0.4, 0.5) is 14.5 Å². The summed E-state index contributed by atoms with van der Waals surface area (Å²) in [5.41, 5.74) is 4.41. The second kappa shape index (κ2) is 5.44. The van der Waals surface area contributed by atoms with Crippen molar-refractivity contribution in [2.75, 3.05) is 12.3 Å². The van der Waals surface area contributed by atoms with E-state index >= 15 is 0 Å². The van der Waals surface area contributed by atoms with Crippen LogP contribution in [-0.4, -0.2) is 12.5 Å². The third-order valence-electron chi connectivity index (χ3n) is 2.16. The summed E-state index contributed by atoms with van der Waals surface area (Å²) < 4.78 is 26.6. The molecule has 0 aromatic heterocycles. The molecule has 1 rings (SSSR count). The standard InChI is InChI=1S/C11H14F2N2O/c1-2-3-6-15-11(16)9-7(12)4-5-8(14)10(9)13/h4-5H,2-3,6,14H2,1H3,(H,15,16). The first kappa shape index (κ1) is 12.4. The van der Waals surface area contributed by atoms with Gasteiger partial charge in [-0.25, -0.2) is 8.78 Å². The SMILES string of the molecule is CCCCNC(=O)c1c(F)ccc(N)c1F. The summed E-state index contributed by atoms with van der Waals surface area (Å²) in [5.74, 6) is -2.68. The molecular weight excluding hydrogens is 214 g/mol. The van der Waals surface area contributed by atoms with E-state index in [0.717, 1.165) is 25.0 Å². The number of benzene rings is 1. The summed E-state index contributed by atoms with van der Waals surface area (Å²) in [4.78, 5) is 11.5. The maximum atomic E-state index is 13.4. The first-order chi connectivity index (χ1) is 7.57. The fraction of sp³-hybridized carbons (Fsp3) is 0.364. The van der Waals surface area contributed by atoms with E-state index in [1.165, 1.54) is 0 Å². The highest BCUT2D eigenvalue weighted by molar-refractivity contribution is 5.95. The Balaban J connectivity index is 2.86. The molecule has 0 spiro atoms. The maximum absolute atomic E-state index is 13.4. The van der Waals surface area contributed by atoms with Crippen molar-refractivity contribution in [3.8, 4) is 0 Å². The Morgan fingerprint density at radius 2 is 2.12 bits per heavy atom. The van der Waals surface area contributed by atoms with Crippen molar-refractivity contribution in [3.05, 3.63) is 29.3 Å². The summed E-state index contributed by atoms with van der Waals surface area (Å²) in [6, 6.07) is 2.07. The molecule has 5 heteroatoms. The number of nitrogens with one attached hydrogen (secondary N) is 1. The minimum atomic E-state index is -1.01. The predicted octanol–water partition coefficient (Wildman–Crippen LogP) is 2.08. The van der Waals surface area contributed by atoms with Gasteiger partial charge in [-0.1, -0.05) is 13.3 Å². The van der Waals surface area contributed by atoms with Crippen LogP contribution in [0.5, 0.6) is 0 Å². The molecule has 88 valence electrons. The number of rotatable bonds is 4. The molecule has 0 radical (unpaired) electrons. The lowest BCUT2D eigenvalue weighted by atomic mass is 10.1. The van der Waals surface area contributed by atoms with Gasteiger partial charge in [0.15, 0.2) is 5.82 Å². The molecule has 0 atom stereocenters. The van der Waals surface area contributed by atoms with Gasteiger partial charge in [-0.2, -0.15) is 0 Å². The topological polar surface area (TPSA) is 55.1 Å². The van der Waals surface area contributed by atoms with E-state index in [4.69, 9.17) is 5.73 Å². The largest absolute Gasteiger partial charge is 0.396 e. The second-order valence-electron chi connectivity index (χ2n) is 3.44. The summed E-state index contributed by atoms with van der Waals surface area (Å²) in [5, 5.41) is 2.43. The molecule has 0 fully saturated rings. The molecule has 1 aromatic carbocycles. The highest BCUT2D eigenvalue weighted by atomic mass is 19.1. The van der Waals surface area contributed by atoms with Crippen LogP contribution in [0.3, 0.4) is 0 Å². The number of nitrogens with two attached hydrogens (primary N) is 1. The zero-order valence-electron chi connectivity index (χ0n) is 9.02. The van der Waals surface area contributed by atoms with Crippen molar-refractivity contribution in [1.29, 1.82) is 0 Å². The Kier molecular flexibility index (Phi) is 4.22. The number of hydrogen-bond acceptors (Lipinski definition) is 2. The summed E-state index contributed by atoms with van der Waals surface area (Å²) >= 11 is 0. The zero-order chi connectivity index (χ0) is 12.1. The number of nitrogen functional groups attached to an aromatic ring is 1. The van der Waals surface area contributed by atoms with Crippen LogP contribution in [0.1, 0.15) is 30.1 Å². The van der Waals surface area contributed by atoms with Gasteiger partial charge in [-0.05, 0) is 18.6 Å². The molecule has 0 unspecified atom stereocenters. The molecule has 1 aromatic rings. The van der Waals surface area contributed by atoms with E-state index < -0.39 is 23.1 Å². The number of hydrogen-bond donors (Lipinski definition) is 2. The second-order valence-corrected chi connectivity index (χ2v) is 3.44. The molecule has 1 amide bonds. The van der Waals surface area contributed by atoms with E-state index in [2.05, 4.69) is 5.32 Å². The first-order valence-electron chi connectivity index (χ1n) is 5.09. The van der Waals surface area contributed by atoms with Gasteiger partial charge in [0.05, 0.1) is 5.69 Å². The Morgan fingerprint density at radius 1 is 1.44 bits per heavy atom. The molecule has 16 heavy (non-hydrogen) atoms. The fourth-order valence-electron chi connectivity index (χ4n) is 1.24. The van der Waals surface area contributed by atoms with Gasteiger partial charge in [0.1, 0.15) is 11.4 Å². The van der Waals surface area contributed by atoms with Crippen LogP contribution < -0.4 is 11.1 Å².